The predicted molar refractivity (Wildman–Crippen MR) is 103 cm³/mol. The molecular formula is C18H25ClN6. The molecule has 3 heterocycles. The van der Waals surface area contributed by atoms with Gasteiger partial charge >= 0.3 is 0 Å². The molecule has 1 saturated carbocycles. The highest BCUT2D eigenvalue weighted by Crippen LogP contribution is 2.28. The first-order chi connectivity index (χ1) is 12.2. The lowest BCUT2D eigenvalue weighted by Gasteiger charge is -2.33. The Labute approximate surface area is 153 Å². The summed E-state index contributed by atoms with van der Waals surface area (Å²) in [6, 6.07) is 2.36. The molecule has 0 unspecified atom stereocenters. The smallest absolute Gasteiger partial charge is 0.228 e. The highest BCUT2D eigenvalue weighted by molar-refractivity contribution is 6.30. The van der Waals surface area contributed by atoms with Crippen LogP contribution in [0.2, 0.25) is 5.15 Å². The Morgan fingerprint density at radius 1 is 1.08 bits per heavy atom. The van der Waals surface area contributed by atoms with Crippen molar-refractivity contribution in [2.24, 2.45) is 0 Å². The average molecular weight is 361 g/mol. The first-order valence-electron chi connectivity index (χ1n) is 9.22. The molecule has 1 aliphatic carbocycles. The van der Waals surface area contributed by atoms with Gasteiger partial charge in [0.2, 0.25) is 5.95 Å². The number of anilines is 2. The zero-order chi connectivity index (χ0) is 17.2. The lowest BCUT2D eigenvalue weighted by atomic mass is 9.95. The highest BCUT2D eigenvalue weighted by Gasteiger charge is 2.20. The summed E-state index contributed by atoms with van der Waals surface area (Å²) in [5.41, 5.74) is 0.853. The van der Waals surface area contributed by atoms with E-state index in [1.807, 2.05) is 6.07 Å². The van der Waals surface area contributed by atoms with Crippen molar-refractivity contribution in [2.45, 2.75) is 38.1 Å². The third-order valence-electron chi connectivity index (χ3n) is 5.27. The molecule has 0 amide bonds. The maximum atomic E-state index is 6.13. The number of fused-ring (bicyclic) bond motifs is 1. The fourth-order valence-corrected chi connectivity index (χ4v) is 3.85. The van der Waals surface area contributed by atoms with Crippen LogP contribution in [0.3, 0.4) is 0 Å². The Kier molecular flexibility index (Phi) is 4.90. The van der Waals surface area contributed by atoms with Gasteiger partial charge in [-0.2, -0.15) is 4.98 Å². The molecule has 134 valence electrons. The fraction of sp³-hybridized carbons (Fsp3) is 0.611. The van der Waals surface area contributed by atoms with Crippen molar-refractivity contribution in [3.8, 4) is 0 Å². The number of nitrogens with zero attached hydrogens (tertiary/aromatic N) is 5. The Hall–Kier alpha value is -1.66. The lowest BCUT2D eigenvalue weighted by molar-refractivity contribution is 0.311. The van der Waals surface area contributed by atoms with Crippen LogP contribution in [0.25, 0.3) is 10.9 Å². The van der Waals surface area contributed by atoms with Gasteiger partial charge in [0.05, 0.1) is 11.7 Å². The number of likely N-dealkylation sites (N-methyl/N-ethyl adjacent to an activating group) is 1. The van der Waals surface area contributed by atoms with Gasteiger partial charge in [0.25, 0.3) is 0 Å². The fourth-order valence-electron chi connectivity index (χ4n) is 3.69. The third-order valence-corrected chi connectivity index (χ3v) is 5.48. The number of hydrogen-bond acceptors (Lipinski definition) is 6. The molecule has 2 fully saturated rings. The maximum absolute atomic E-state index is 6.13. The van der Waals surface area contributed by atoms with Crippen LogP contribution in [0, 0.1) is 0 Å². The molecule has 1 aliphatic heterocycles. The summed E-state index contributed by atoms with van der Waals surface area (Å²) in [7, 11) is 2.15. The van der Waals surface area contributed by atoms with E-state index in [0.717, 1.165) is 48.8 Å². The minimum Gasteiger partial charge on any atom is -0.367 e. The summed E-state index contributed by atoms with van der Waals surface area (Å²) in [5, 5.41) is 5.11. The van der Waals surface area contributed by atoms with Crippen molar-refractivity contribution >= 4 is 34.3 Å². The van der Waals surface area contributed by atoms with E-state index in [0.29, 0.717) is 11.2 Å². The first kappa shape index (κ1) is 16.8. The standard InChI is InChI=1S/C18H25ClN6/c1-24-7-9-25(10-8-24)18-22-15-12-20-16(19)11-14(15)17(23-18)21-13-5-3-2-4-6-13/h11-13H,2-10H2,1H3,(H,21,22,23). The minimum absolute atomic E-state index is 0.482. The Morgan fingerprint density at radius 2 is 1.84 bits per heavy atom. The van der Waals surface area contributed by atoms with Gasteiger partial charge in [0.15, 0.2) is 0 Å². The van der Waals surface area contributed by atoms with Crippen molar-refractivity contribution in [2.75, 3.05) is 43.4 Å². The maximum Gasteiger partial charge on any atom is 0.228 e. The van der Waals surface area contributed by atoms with Gasteiger partial charge in [-0.25, -0.2) is 9.97 Å². The van der Waals surface area contributed by atoms with E-state index in [9.17, 15) is 0 Å². The van der Waals surface area contributed by atoms with Crippen LogP contribution < -0.4 is 10.2 Å². The third kappa shape index (κ3) is 3.80. The molecule has 0 bridgehead atoms. The van der Waals surface area contributed by atoms with E-state index < -0.39 is 0 Å². The van der Waals surface area contributed by atoms with Gasteiger partial charge < -0.3 is 15.1 Å². The number of nitrogens with one attached hydrogen (secondary N) is 1. The van der Waals surface area contributed by atoms with Gasteiger partial charge in [0.1, 0.15) is 11.0 Å². The first-order valence-corrected chi connectivity index (χ1v) is 9.60. The molecule has 6 nitrogen and oxygen atoms in total. The SMILES string of the molecule is CN1CCN(c2nc(NC3CCCCC3)c3cc(Cl)ncc3n2)CC1. The molecule has 25 heavy (non-hydrogen) atoms. The van der Waals surface area contributed by atoms with E-state index in [4.69, 9.17) is 21.6 Å². The van der Waals surface area contributed by atoms with Gasteiger partial charge in [-0.15, -0.1) is 0 Å². The Balaban J connectivity index is 1.68. The van der Waals surface area contributed by atoms with Crippen molar-refractivity contribution < 1.29 is 0 Å². The lowest BCUT2D eigenvalue weighted by Crippen LogP contribution is -2.45. The van der Waals surface area contributed by atoms with Crippen LogP contribution in [0.5, 0.6) is 0 Å². The van der Waals surface area contributed by atoms with Gasteiger partial charge in [-0.05, 0) is 26.0 Å². The summed E-state index contributed by atoms with van der Waals surface area (Å²) in [4.78, 5) is 18.4. The topological polar surface area (TPSA) is 57.2 Å². The Morgan fingerprint density at radius 3 is 2.60 bits per heavy atom. The molecule has 2 aromatic rings. The average Bonchev–Trinajstić information content (AvgIpc) is 2.63. The zero-order valence-corrected chi connectivity index (χ0v) is 15.5. The normalized spacial score (nSPS) is 20.2. The van der Waals surface area contributed by atoms with Crippen molar-refractivity contribution in [3.05, 3.63) is 17.4 Å². The zero-order valence-electron chi connectivity index (χ0n) is 14.7. The largest absolute Gasteiger partial charge is 0.367 e. The number of hydrogen-bond donors (Lipinski definition) is 1. The van der Waals surface area contributed by atoms with Crippen LogP contribution >= 0.6 is 11.6 Å². The second kappa shape index (κ2) is 7.30. The monoisotopic (exact) mass is 360 g/mol. The number of aromatic nitrogens is 3. The van der Waals surface area contributed by atoms with Crippen LogP contribution in [0.15, 0.2) is 12.3 Å². The summed E-state index contributed by atoms with van der Waals surface area (Å²) >= 11 is 6.13. The molecule has 1 saturated heterocycles. The molecule has 1 N–H and O–H groups in total. The molecular weight excluding hydrogens is 336 g/mol. The van der Waals surface area contributed by atoms with Crippen LogP contribution in [0.1, 0.15) is 32.1 Å². The quantitative estimate of drug-likeness (QED) is 0.848. The number of halogens is 1. The van der Waals surface area contributed by atoms with E-state index in [2.05, 4.69) is 27.1 Å². The number of piperazine rings is 1. The molecule has 0 aromatic carbocycles. The summed E-state index contributed by atoms with van der Waals surface area (Å²) in [6.45, 7) is 3.97. The molecule has 7 heteroatoms. The minimum atomic E-state index is 0.482. The van der Waals surface area contributed by atoms with E-state index in [-0.39, 0.29) is 0 Å². The summed E-state index contributed by atoms with van der Waals surface area (Å²) < 4.78 is 0. The van der Waals surface area contributed by atoms with Crippen molar-refractivity contribution in [3.63, 3.8) is 0 Å². The Bertz CT molecular complexity index is 738. The van der Waals surface area contributed by atoms with Crippen LogP contribution in [-0.4, -0.2) is 59.1 Å². The predicted octanol–water partition coefficient (Wildman–Crippen LogP) is 3.17. The van der Waals surface area contributed by atoms with E-state index in [1.54, 1.807) is 6.20 Å². The van der Waals surface area contributed by atoms with Crippen molar-refractivity contribution in [1.82, 2.24) is 19.9 Å². The summed E-state index contributed by atoms with van der Waals surface area (Å²) in [6.07, 6.45) is 8.07. The molecule has 0 radical (unpaired) electrons. The molecule has 2 aromatic heterocycles. The second-order valence-electron chi connectivity index (χ2n) is 7.17. The molecule has 2 aliphatic rings. The highest BCUT2D eigenvalue weighted by atomic mass is 35.5. The number of pyridine rings is 1. The molecule has 0 spiro atoms. The summed E-state index contributed by atoms with van der Waals surface area (Å²) in [5.74, 6) is 1.69. The van der Waals surface area contributed by atoms with E-state index >= 15 is 0 Å². The van der Waals surface area contributed by atoms with Crippen molar-refractivity contribution in [1.29, 1.82) is 0 Å². The van der Waals surface area contributed by atoms with E-state index in [1.165, 1.54) is 32.1 Å². The number of rotatable bonds is 3. The van der Waals surface area contributed by atoms with Crippen LogP contribution in [-0.2, 0) is 0 Å². The van der Waals surface area contributed by atoms with Gasteiger partial charge in [0, 0.05) is 37.6 Å². The molecule has 0 atom stereocenters. The van der Waals surface area contributed by atoms with Crippen LogP contribution in [0.4, 0.5) is 11.8 Å². The van der Waals surface area contributed by atoms with Gasteiger partial charge in [-0.1, -0.05) is 30.9 Å². The second-order valence-corrected chi connectivity index (χ2v) is 7.55. The molecule has 4 rings (SSSR count). The van der Waals surface area contributed by atoms with Gasteiger partial charge in [-0.3, -0.25) is 0 Å².